The number of carbonyl (C=O) groups is 4. The molecule has 5 atom stereocenters. The average molecular weight is 458 g/mol. The van der Waals surface area contributed by atoms with E-state index in [4.69, 9.17) is 16.9 Å². The van der Waals surface area contributed by atoms with Gasteiger partial charge < -0.3 is 37.8 Å². The van der Waals surface area contributed by atoms with Crippen LogP contribution in [0, 0.1) is 17.2 Å². The van der Waals surface area contributed by atoms with Crippen molar-refractivity contribution in [2.75, 3.05) is 6.54 Å². The minimum atomic E-state index is -1.17. The third kappa shape index (κ3) is 10.4. The fourth-order valence-electron chi connectivity index (χ4n) is 2.71. The van der Waals surface area contributed by atoms with Gasteiger partial charge in [0, 0.05) is 6.54 Å². The molecule has 12 nitrogen and oxygen atoms in total. The second-order valence-electron chi connectivity index (χ2n) is 8.25. The molecule has 0 saturated carbocycles. The third-order valence-corrected chi connectivity index (χ3v) is 5.17. The van der Waals surface area contributed by atoms with E-state index in [-0.39, 0.29) is 30.8 Å². The zero-order valence-electron chi connectivity index (χ0n) is 19.5. The van der Waals surface area contributed by atoms with E-state index in [0.717, 1.165) is 0 Å². The summed E-state index contributed by atoms with van der Waals surface area (Å²) < 4.78 is 0. The van der Waals surface area contributed by atoms with Crippen molar-refractivity contribution in [1.82, 2.24) is 21.3 Å². The molecular formula is C20H39N7O5. The van der Waals surface area contributed by atoms with Crippen molar-refractivity contribution in [1.29, 1.82) is 5.41 Å². The molecule has 0 aromatic rings. The highest BCUT2D eigenvalue weighted by atomic mass is 16.4. The molecule has 0 unspecified atom stereocenters. The Bertz CT molecular complexity index is 671. The molecule has 3 amide bonds. The number of hydrogen-bond donors (Lipinski definition) is 8. The number of guanidine groups is 1. The van der Waals surface area contributed by atoms with Gasteiger partial charge in [-0.15, -0.1) is 0 Å². The molecule has 0 aliphatic rings. The molecule has 10 N–H and O–H groups in total. The molecule has 0 bridgehead atoms. The molecule has 184 valence electrons. The minimum Gasteiger partial charge on any atom is -0.480 e. The van der Waals surface area contributed by atoms with E-state index >= 15 is 0 Å². The second-order valence-corrected chi connectivity index (χ2v) is 8.25. The summed E-state index contributed by atoms with van der Waals surface area (Å²) in [4.78, 5) is 49.1. The number of nitrogens with two attached hydrogens (primary N) is 2. The van der Waals surface area contributed by atoms with E-state index in [2.05, 4.69) is 21.3 Å². The molecule has 0 aliphatic heterocycles. The fraction of sp³-hybridized carbons (Fsp3) is 0.750. The Morgan fingerprint density at radius 1 is 0.969 bits per heavy atom. The highest BCUT2D eigenvalue weighted by molar-refractivity contribution is 5.94. The van der Waals surface area contributed by atoms with Gasteiger partial charge in [-0.25, -0.2) is 4.79 Å². The maximum atomic E-state index is 12.8. The van der Waals surface area contributed by atoms with Crippen molar-refractivity contribution in [2.45, 2.75) is 78.0 Å². The van der Waals surface area contributed by atoms with Crippen molar-refractivity contribution < 1.29 is 24.3 Å². The zero-order chi connectivity index (χ0) is 25.0. The van der Waals surface area contributed by atoms with Gasteiger partial charge in [0.05, 0.1) is 6.04 Å². The lowest BCUT2D eigenvalue weighted by Crippen LogP contribution is -2.57. The van der Waals surface area contributed by atoms with E-state index < -0.39 is 47.9 Å². The number of hydrogen-bond acceptors (Lipinski definition) is 6. The van der Waals surface area contributed by atoms with Crippen LogP contribution in [0.5, 0.6) is 0 Å². The molecule has 0 fully saturated rings. The maximum absolute atomic E-state index is 12.8. The molecule has 0 aromatic carbocycles. The van der Waals surface area contributed by atoms with Crippen molar-refractivity contribution in [3.05, 3.63) is 0 Å². The first-order chi connectivity index (χ1) is 14.8. The predicted molar refractivity (Wildman–Crippen MR) is 121 cm³/mol. The van der Waals surface area contributed by atoms with Crippen LogP contribution in [0.25, 0.3) is 0 Å². The lowest BCUT2D eigenvalue weighted by molar-refractivity contribution is -0.144. The minimum absolute atomic E-state index is 0.119. The van der Waals surface area contributed by atoms with Gasteiger partial charge in [-0.3, -0.25) is 19.8 Å². The van der Waals surface area contributed by atoms with Gasteiger partial charge in [0.1, 0.15) is 18.1 Å². The Balaban J connectivity index is 5.27. The van der Waals surface area contributed by atoms with E-state index in [1.165, 1.54) is 6.92 Å². The largest absolute Gasteiger partial charge is 0.480 e. The summed E-state index contributed by atoms with van der Waals surface area (Å²) in [5, 5.41) is 26.8. The Morgan fingerprint density at radius 3 is 2.03 bits per heavy atom. The van der Waals surface area contributed by atoms with Gasteiger partial charge >= 0.3 is 5.97 Å². The normalized spacial score (nSPS) is 15.6. The summed E-state index contributed by atoms with van der Waals surface area (Å²) in [6, 6.07) is -3.89. The standard InChI is InChI=1S/C20H39N7O5/c1-6-11(4)15(19(31)32)27-17(29)13(8-7-9-24-20(22)23)26-16(28)12(5)25-18(30)14(21)10(2)3/h10-15H,6-9,21H2,1-5H3,(H,25,30)(H,26,28)(H,27,29)(H,31,32)(H4,22,23,24)/t11-,12-,13-,14-,15-/m0/s1. The first-order valence-electron chi connectivity index (χ1n) is 10.8. The van der Waals surface area contributed by atoms with Gasteiger partial charge in [-0.2, -0.15) is 0 Å². The van der Waals surface area contributed by atoms with E-state index in [9.17, 15) is 24.3 Å². The topological polar surface area (TPSA) is 213 Å². The van der Waals surface area contributed by atoms with Gasteiger partial charge in [0.15, 0.2) is 5.96 Å². The van der Waals surface area contributed by atoms with Crippen LogP contribution in [0.3, 0.4) is 0 Å². The highest BCUT2D eigenvalue weighted by Crippen LogP contribution is 2.09. The average Bonchev–Trinajstić information content (AvgIpc) is 2.71. The van der Waals surface area contributed by atoms with Gasteiger partial charge in [0.25, 0.3) is 0 Å². The van der Waals surface area contributed by atoms with Gasteiger partial charge in [-0.05, 0) is 31.6 Å². The highest BCUT2D eigenvalue weighted by Gasteiger charge is 2.30. The Hall–Kier alpha value is -2.89. The monoisotopic (exact) mass is 457 g/mol. The number of carboxylic acid groups (broad SMARTS) is 1. The summed E-state index contributed by atoms with van der Waals surface area (Å²) in [7, 11) is 0. The maximum Gasteiger partial charge on any atom is 0.326 e. The second kappa shape index (κ2) is 14.2. The molecule has 32 heavy (non-hydrogen) atoms. The Kier molecular flexibility index (Phi) is 12.9. The predicted octanol–water partition coefficient (Wildman–Crippen LogP) is -1.16. The Morgan fingerprint density at radius 2 is 1.56 bits per heavy atom. The van der Waals surface area contributed by atoms with Crippen LogP contribution in [0.4, 0.5) is 0 Å². The van der Waals surface area contributed by atoms with Gasteiger partial charge in [0.2, 0.25) is 17.7 Å². The molecule has 0 rings (SSSR count). The third-order valence-electron chi connectivity index (χ3n) is 5.17. The number of rotatable bonds is 14. The molecule has 0 aliphatic carbocycles. The quantitative estimate of drug-likeness (QED) is 0.0902. The zero-order valence-corrected chi connectivity index (χ0v) is 19.5. The molecule has 0 heterocycles. The first-order valence-corrected chi connectivity index (χ1v) is 10.8. The lowest BCUT2D eigenvalue weighted by Gasteiger charge is -2.26. The SMILES string of the molecule is CC[C@H](C)[C@H](NC(=O)[C@H](CCCNC(=N)N)NC(=O)[C@H](C)NC(=O)[C@@H](N)C(C)C)C(=O)O. The van der Waals surface area contributed by atoms with Crippen LogP contribution in [-0.4, -0.2) is 65.5 Å². The number of nitrogens with one attached hydrogen (secondary N) is 5. The van der Waals surface area contributed by atoms with Crippen LogP contribution in [0.15, 0.2) is 0 Å². The molecule has 0 spiro atoms. The van der Waals surface area contributed by atoms with Crippen LogP contribution < -0.4 is 32.7 Å². The molecular weight excluding hydrogens is 418 g/mol. The van der Waals surface area contributed by atoms with Gasteiger partial charge in [-0.1, -0.05) is 34.1 Å². The molecule has 12 heteroatoms. The van der Waals surface area contributed by atoms with Crippen molar-refractivity contribution >= 4 is 29.7 Å². The number of amides is 3. The van der Waals surface area contributed by atoms with Crippen LogP contribution >= 0.6 is 0 Å². The number of aliphatic carboxylic acids is 1. The van der Waals surface area contributed by atoms with Crippen LogP contribution in [0.2, 0.25) is 0 Å². The Labute approximate surface area is 189 Å². The summed E-state index contributed by atoms with van der Waals surface area (Å²) in [5.74, 6) is -3.57. The fourth-order valence-corrected chi connectivity index (χ4v) is 2.71. The molecule has 0 aromatic heterocycles. The smallest absolute Gasteiger partial charge is 0.326 e. The van der Waals surface area contributed by atoms with E-state index in [1.54, 1.807) is 20.8 Å². The van der Waals surface area contributed by atoms with E-state index in [1.807, 2.05) is 6.92 Å². The van der Waals surface area contributed by atoms with Crippen molar-refractivity contribution in [2.24, 2.45) is 23.3 Å². The summed E-state index contributed by atoms with van der Waals surface area (Å²) >= 11 is 0. The van der Waals surface area contributed by atoms with Crippen molar-refractivity contribution in [3.8, 4) is 0 Å². The summed E-state index contributed by atoms with van der Waals surface area (Å²) in [5.41, 5.74) is 11.0. The van der Waals surface area contributed by atoms with Crippen LogP contribution in [0.1, 0.15) is 53.9 Å². The van der Waals surface area contributed by atoms with Crippen molar-refractivity contribution in [3.63, 3.8) is 0 Å². The summed E-state index contributed by atoms with van der Waals surface area (Å²) in [6.45, 7) is 8.83. The molecule has 0 saturated heterocycles. The first kappa shape index (κ1) is 29.1. The lowest BCUT2D eigenvalue weighted by atomic mass is 9.98. The number of carboxylic acids is 1. The summed E-state index contributed by atoms with van der Waals surface area (Å²) in [6.07, 6.45) is 1.07. The van der Waals surface area contributed by atoms with E-state index in [0.29, 0.717) is 12.8 Å². The van der Waals surface area contributed by atoms with Crippen LogP contribution in [-0.2, 0) is 19.2 Å². The molecule has 0 radical (unpaired) electrons. The number of carbonyl (C=O) groups excluding carboxylic acids is 3.